The third-order valence-electron chi connectivity index (χ3n) is 2.83. The Hall–Kier alpha value is -1.89. The Kier molecular flexibility index (Phi) is 5.48. The molecule has 0 saturated carbocycles. The van der Waals surface area contributed by atoms with Crippen molar-refractivity contribution >= 4 is 17.6 Å². The summed E-state index contributed by atoms with van der Waals surface area (Å²) in [5.41, 5.74) is -0.290. The Morgan fingerprint density at radius 3 is 2.52 bits per heavy atom. The lowest BCUT2D eigenvalue weighted by molar-refractivity contribution is -0.125. The van der Waals surface area contributed by atoms with Crippen molar-refractivity contribution in [2.45, 2.75) is 46.2 Å². The highest BCUT2D eigenvalue weighted by atomic mass is 16.5. The van der Waals surface area contributed by atoms with Crippen LogP contribution in [0.3, 0.4) is 0 Å². The normalized spacial score (nSPS) is 13.1. The van der Waals surface area contributed by atoms with Crippen molar-refractivity contribution in [3.63, 3.8) is 0 Å². The summed E-state index contributed by atoms with van der Waals surface area (Å²) in [6, 6.07) is 1.17. The van der Waals surface area contributed by atoms with Gasteiger partial charge < -0.3 is 15.2 Å². The SMILES string of the molecule is Cc1cc(NC(=O)C(C)N(C)CC(=O)NC(C)(C)C)no1. The molecule has 0 fully saturated rings. The van der Waals surface area contributed by atoms with Crippen LogP contribution in [0.2, 0.25) is 0 Å². The highest BCUT2D eigenvalue weighted by molar-refractivity contribution is 5.94. The monoisotopic (exact) mass is 296 g/mol. The van der Waals surface area contributed by atoms with E-state index in [9.17, 15) is 9.59 Å². The number of likely N-dealkylation sites (N-methyl/N-ethyl adjacent to an activating group) is 1. The maximum absolute atomic E-state index is 12.1. The number of hydrogen-bond acceptors (Lipinski definition) is 5. The molecule has 0 radical (unpaired) electrons. The van der Waals surface area contributed by atoms with E-state index in [-0.39, 0.29) is 23.9 Å². The molecule has 118 valence electrons. The third kappa shape index (κ3) is 5.95. The summed E-state index contributed by atoms with van der Waals surface area (Å²) >= 11 is 0. The van der Waals surface area contributed by atoms with Gasteiger partial charge in [0.25, 0.3) is 0 Å². The second-order valence-corrected chi connectivity index (χ2v) is 6.20. The van der Waals surface area contributed by atoms with Gasteiger partial charge in [-0.25, -0.2) is 0 Å². The van der Waals surface area contributed by atoms with Crippen LogP contribution in [0, 0.1) is 6.92 Å². The summed E-state index contributed by atoms with van der Waals surface area (Å²) in [6.45, 7) is 9.35. The van der Waals surface area contributed by atoms with Crippen molar-refractivity contribution in [1.29, 1.82) is 0 Å². The summed E-state index contributed by atoms with van der Waals surface area (Å²) < 4.78 is 4.88. The molecule has 21 heavy (non-hydrogen) atoms. The van der Waals surface area contributed by atoms with Crippen LogP contribution >= 0.6 is 0 Å². The Bertz CT molecular complexity index is 505. The molecule has 1 unspecified atom stereocenters. The molecule has 2 amide bonds. The maximum atomic E-state index is 12.1. The van der Waals surface area contributed by atoms with Crippen molar-refractivity contribution in [1.82, 2.24) is 15.4 Å². The molecular weight excluding hydrogens is 272 g/mol. The van der Waals surface area contributed by atoms with Crippen molar-refractivity contribution in [3.05, 3.63) is 11.8 Å². The second-order valence-electron chi connectivity index (χ2n) is 6.20. The second kappa shape index (κ2) is 6.71. The number of anilines is 1. The fraction of sp³-hybridized carbons (Fsp3) is 0.643. The van der Waals surface area contributed by atoms with Gasteiger partial charge in [-0.2, -0.15) is 0 Å². The van der Waals surface area contributed by atoms with E-state index in [1.165, 1.54) is 0 Å². The molecule has 1 atom stereocenters. The highest BCUT2D eigenvalue weighted by Crippen LogP contribution is 2.08. The van der Waals surface area contributed by atoms with Gasteiger partial charge >= 0.3 is 0 Å². The van der Waals surface area contributed by atoms with Gasteiger partial charge in [0.15, 0.2) is 5.82 Å². The molecule has 7 nitrogen and oxygen atoms in total. The Morgan fingerprint density at radius 2 is 2.05 bits per heavy atom. The standard InChI is InChI=1S/C14H24N4O3/c1-9-7-11(17-21-9)15-13(20)10(2)18(6)8-12(19)16-14(3,4)5/h7,10H,8H2,1-6H3,(H,16,19)(H,15,17,20). The topological polar surface area (TPSA) is 87.5 Å². The van der Waals surface area contributed by atoms with Crippen LogP contribution in [0.1, 0.15) is 33.5 Å². The van der Waals surface area contributed by atoms with Crippen LogP contribution in [-0.2, 0) is 9.59 Å². The van der Waals surface area contributed by atoms with Crippen LogP contribution in [0.5, 0.6) is 0 Å². The first kappa shape index (κ1) is 17.2. The minimum Gasteiger partial charge on any atom is -0.360 e. The van der Waals surface area contributed by atoms with E-state index in [0.717, 1.165) is 0 Å². The van der Waals surface area contributed by atoms with Crippen LogP contribution in [0.25, 0.3) is 0 Å². The molecule has 0 aliphatic rings. The zero-order chi connectivity index (χ0) is 16.2. The predicted molar refractivity (Wildman–Crippen MR) is 79.9 cm³/mol. The minimum absolute atomic E-state index is 0.123. The highest BCUT2D eigenvalue weighted by Gasteiger charge is 2.22. The Morgan fingerprint density at radius 1 is 1.43 bits per heavy atom. The molecule has 7 heteroatoms. The average Bonchev–Trinajstić information content (AvgIpc) is 2.70. The lowest BCUT2D eigenvalue weighted by Gasteiger charge is -2.26. The predicted octanol–water partition coefficient (Wildman–Crippen LogP) is 1.16. The van der Waals surface area contributed by atoms with Crippen molar-refractivity contribution in [3.8, 4) is 0 Å². The Labute approximate surface area is 125 Å². The lowest BCUT2D eigenvalue weighted by Crippen LogP contribution is -2.49. The molecule has 0 aliphatic heterocycles. The summed E-state index contributed by atoms with van der Waals surface area (Å²) in [6.07, 6.45) is 0. The smallest absolute Gasteiger partial charge is 0.242 e. The quantitative estimate of drug-likeness (QED) is 0.851. The molecule has 1 rings (SSSR count). The van der Waals surface area contributed by atoms with Crippen LogP contribution in [0.15, 0.2) is 10.6 Å². The number of carbonyl (C=O) groups is 2. The zero-order valence-corrected chi connectivity index (χ0v) is 13.5. The molecule has 0 spiro atoms. The lowest BCUT2D eigenvalue weighted by atomic mass is 10.1. The van der Waals surface area contributed by atoms with E-state index < -0.39 is 6.04 Å². The Balaban J connectivity index is 2.51. The van der Waals surface area contributed by atoms with E-state index in [2.05, 4.69) is 15.8 Å². The number of hydrogen-bond donors (Lipinski definition) is 2. The molecule has 1 heterocycles. The van der Waals surface area contributed by atoms with Gasteiger partial charge in [-0.3, -0.25) is 14.5 Å². The minimum atomic E-state index is -0.465. The maximum Gasteiger partial charge on any atom is 0.242 e. The number of carbonyl (C=O) groups excluding carboxylic acids is 2. The van der Waals surface area contributed by atoms with Crippen LogP contribution < -0.4 is 10.6 Å². The van der Waals surface area contributed by atoms with Gasteiger partial charge in [-0.15, -0.1) is 0 Å². The van der Waals surface area contributed by atoms with E-state index in [4.69, 9.17) is 4.52 Å². The van der Waals surface area contributed by atoms with Crippen LogP contribution in [0.4, 0.5) is 5.82 Å². The molecular formula is C14H24N4O3. The van der Waals surface area contributed by atoms with Gasteiger partial charge in [0, 0.05) is 11.6 Å². The van der Waals surface area contributed by atoms with Crippen molar-refractivity contribution < 1.29 is 14.1 Å². The van der Waals surface area contributed by atoms with Gasteiger partial charge in [0.1, 0.15) is 5.76 Å². The molecule has 1 aromatic heterocycles. The van der Waals surface area contributed by atoms with Crippen molar-refractivity contribution in [2.75, 3.05) is 18.9 Å². The molecule has 1 aromatic rings. The largest absolute Gasteiger partial charge is 0.360 e. The van der Waals surface area contributed by atoms with Crippen molar-refractivity contribution in [2.24, 2.45) is 0 Å². The number of aromatic nitrogens is 1. The molecule has 2 N–H and O–H groups in total. The first-order chi connectivity index (χ1) is 9.58. The summed E-state index contributed by atoms with van der Waals surface area (Å²) in [4.78, 5) is 25.6. The number of nitrogens with zero attached hydrogens (tertiary/aromatic N) is 2. The fourth-order valence-electron chi connectivity index (χ4n) is 1.68. The number of rotatable bonds is 5. The molecule has 0 bridgehead atoms. The average molecular weight is 296 g/mol. The van der Waals surface area contributed by atoms with Gasteiger partial charge in [-0.1, -0.05) is 5.16 Å². The van der Waals surface area contributed by atoms with Gasteiger partial charge in [0.2, 0.25) is 11.8 Å². The molecule has 0 saturated heterocycles. The van der Waals surface area contributed by atoms with E-state index in [1.807, 2.05) is 20.8 Å². The van der Waals surface area contributed by atoms with E-state index in [0.29, 0.717) is 11.6 Å². The van der Waals surface area contributed by atoms with E-state index >= 15 is 0 Å². The number of amides is 2. The van der Waals surface area contributed by atoms with Gasteiger partial charge in [-0.05, 0) is 41.7 Å². The van der Waals surface area contributed by atoms with Crippen LogP contribution in [-0.4, -0.2) is 47.0 Å². The first-order valence-electron chi connectivity index (χ1n) is 6.84. The summed E-state index contributed by atoms with van der Waals surface area (Å²) in [5, 5.41) is 9.21. The summed E-state index contributed by atoms with van der Waals surface area (Å²) in [5.74, 6) is 0.629. The summed E-state index contributed by atoms with van der Waals surface area (Å²) in [7, 11) is 1.72. The molecule has 0 aromatic carbocycles. The fourth-order valence-corrected chi connectivity index (χ4v) is 1.68. The third-order valence-corrected chi connectivity index (χ3v) is 2.83. The van der Waals surface area contributed by atoms with Gasteiger partial charge in [0.05, 0.1) is 12.6 Å². The van der Waals surface area contributed by atoms with E-state index in [1.54, 1.807) is 31.9 Å². The number of aryl methyl sites for hydroxylation is 1. The number of nitrogens with one attached hydrogen (secondary N) is 2. The zero-order valence-electron chi connectivity index (χ0n) is 13.5. The first-order valence-corrected chi connectivity index (χ1v) is 6.84. The molecule has 0 aliphatic carbocycles.